The number of morpholine rings is 1. The largest absolute Gasteiger partial charge is 0.382 e. The Bertz CT molecular complexity index is 1710. The van der Waals surface area contributed by atoms with Gasteiger partial charge in [-0.2, -0.15) is 0 Å². The zero-order valence-electron chi connectivity index (χ0n) is 25.0. The highest BCUT2D eigenvalue weighted by atomic mass is 16.5. The number of imidazole rings is 1. The maximum Gasteiger partial charge on any atom is 0.296 e. The number of hydrogen-bond donors (Lipinski definition) is 3. The van der Waals surface area contributed by atoms with Gasteiger partial charge in [-0.1, -0.05) is 38.0 Å². The van der Waals surface area contributed by atoms with E-state index < -0.39 is 11.9 Å². The van der Waals surface area contributed by atoms with Gasteiger partial charge in [0.2, 0.25) is 0 Å². The minimum atomic E-state index is -0.475. The van der Waals surface area contributed by atoms with Crippen molar-refractivity contribution in [3.63, 3.8) is 0 Å². The molecule has 2 amide bonds. The van der Waals surface area contributed by atoms with Crippen LogP contribution >= 0.6 is 0 Å². The first-order valence-electron chi connectivity index (χ1n) is 14.5. The maximum absolute atomic E-state index is 13.2. The number of amides is 2. The van der Waals surface area contributed by atoms with Crippen molar-refractivity contribution in [3.05, 3.63) is 77.4 Å². The molecule has 0 aliphatic carbocycles. The minimum Gasteiger partial charge on any atom is -0.382 e. The Morgan fingerprint density at radius 2 is 1.91 bits per heavy atom. The van der Waals surface area contributed by atoms with Crippen LogP contribution in [-0.4, -0.2) is 63.9 Å². The van der Waals surface area contributed by atoms with E-state index in [-0.39, 0.29) is 11.7 Å². The van der Waals surface area contributed by atoms with Crippen LogP contribution in [0.15, 0.2) is 54.9 Å². The highest BCUT2D eigenvalue weighted by Crippen LogP contribution is 2.31. The van der Waals surface area contributed by atoms with Gasteiger partial charge in [0.05, 0.1) is 25.8 Å². The van der Waals surface area contributed by atoms with Crippen LogP contribution in [0.3, 0.4) is 0 Å². The van der Waals surface area contributed by atoms with Gasteiger partial charge in [0.1, 0.15) is 22.9 Å². The van der Waals surface area contributed by atoms with Gasteiger partial charge in [-0.05, 0) is 61.1 Å². The van der Waals surface area contributed by atoms with Crippen LogP contribution in [0.2, 0.25) is 0 Å². The zero-order valence-corrected chi connectivity index (χ0v) is 25.0. The molecule has 3 heterocycles. The number of carbonyl (C=O) groups excluding carboxylic acids is 2. The first-order chi connectivity index (χ1) is 20.7. The van der Waals surface area contributed by atoms with Crippen LogP contribution < -0.4 is 16.4 Å². The van der Waals surface area contributed by atoms with Gasteiger partial charge in [0.25, 0.3) is 11.8 Å². The molecular weight excluding hydrogens is 542 g/mol. The summed E-state index contributed by atoms with van der Waals surface area (Å²) in [5, 5.41) is 5.92. The van der Waals surface area contributed by atoms with Crippen LogP contribution in [-0.2, 0) is 9.53 Å². The molecule has 10 heteroatoms. The minimum absolute atomic E-state index is 0.232. The van der Waals surface area contributed by atoms with Gasteiger partial charge in [-0.25, -0.2) is 9.97 Å². The van der Waals surface area contributed by atoms with Crippen molar-refractivity contribution in [1.82, 2.24) is 24.6 Å². The number of rotatable bonds is 7. The molecule has 1 saturated heterocycles. The molecule has 2 aromatic carbocycles. The third-order valence-corrected chi connectivity index (χ3v) is 7.50. The van der Waals surface area contributed by atoms with Crippen LogP contribution in [0, 0.1) is 18.8 Å². The number of fused-ring (bicyclic) bond motifs is 1. The highest BCUT2D eigenvalue weighted by molar-refractivity contribution is 6.05. The van der Waals surface area contributed by atoms with Gasteiger partial charge < -0.3 is 21.1 Å². The van der Waals surface area contributed by atoms with Gasteiger partial charge in [-0.15, -0.1) is 0 Å². The van der Waals surface area contributed by atoms with Gasteiger partial charge in [0.15, 0.2) is 0 Å². The van der Waals surface area contributed by atoms with Gasteiger partial charge in [-0.3, -0.25) is 18.9 Å². The predicted octanol–water partition coefficient (Wildman–Crippen LogP) is 4.18. The second kappa shape index (κ2) is 13.1. The Morgan fingerprint density at radius 3 is 2.65 bits per heavy atom. The molecule has 1 fully saturated rings. The van der Waals surface area contributed by atoms with E-state index >= 15 is 0 Å². The quantitative estimate of drug-likeness (QED) is 0.281. The molecule has 0 unspecified atom stereocenters. The summed E-state index contributed by atoms with van der Waals surface area (Å²) in [5.41, 5.74) is 11.8. The lowest BCUT2D eigenvalue weighted by molar-refractivity contribution is -0.116. The third-order valence-electron chi connectivity index (χ3n) is 7.50. The van der Waals surface area contributed by atoms with Crippen LogP contribution in [0.25, 0.3) is 16.8 Å². The fourth-order valence-corrected chi connectivity index (χ4v) is 5.29. The Morgan fingerprint density at radius 1 is 1.12 bits per heavy atom. The highest BCUT2D eigenvalue weighted by Gasteiger charge is 2.21. The summed E-state index contributed by atoms with van der Waals surface area (Å²) in [7, 11) is 0. The summed E-state index contributed by atoms with van der Waals surface area (Å²) in [6, 6.07) is 12.7. The predicted molar refractivity (Wildman–Crippen MR) is 168 cm³/mol. The molecule has 4 aromatic rings. The van der Waals surface area contributed by atoms with E-state index in [2.05, 4.69) is 52.3 Å². The van der Waals surface area contributed by atoms with E-state index in [9.17, 15) is 9.59 Å². The van der Waals surface area contributed by atoms with E-state index in [4.69, 9.17) is 15.5 Å². The molecule has 1 aliphatic heterocycles. The fourth-order valence-electron chi connectivity index (χ4n) is 5.29. The van der Waals surface area contributed by atoms with E-state index in [0.717, 1.165) is 24.3 Å². The average Bonchev–Trinajstić information content (AvgIpc) is 3.39. The Labute approximate surface area is 251 Å². The number of nitrogens with two attached hydrogens (primary N) is 1. The first-order valence-corrected chi connectivity index (χ1v) is 14.5. The monoisotopic (exact) mass is 579 g/mol. The Balaban J connectivity index is 1.37. The first kappa shape index (κ1) is 29.8. The third kappa shape index (κ3) is 6.85. The number of ether oxygens (including phenoxy) is 1. The number of aromatic nitrogens is 3. The molecule has 0 saturated carbocycles. The second-order valence-electron chi connectivity index (χ2n) is 11.0. The average molecular weight is 580 g/mol. The summed E-state index contributed by atoms with van der Waals surface area (Å²) in [6.45, 7) is 11.7. The second-order valence-corrected chi connectivity index (χ2v) is 11.0. The molecule has 1 aliphatic rings. The van der Waals surface area contributed by atoms with Gasteiger partial charge in [0, 0.05) is 42.3 Å². The van der Waals surface area contributed by atoms with E-state index in [1.807, 2.05) is 42.5 Å². The number of carbonyl (C=O) groups is 2. The Hall–Kier alpha value is -4.72. The van der Waals surface area contributed by atoms with E-state index in [0.29, 0.717) is 53.8 Å². The number of nitrogens with zero attached hydrogens (tertiary/aromatic N) is 4. The van der Waals surface area contributed by atoms with Crippen molar-refractivity contribution >= 4 is 28.8 Å². The summed E-state index contributed by atoms with van der Waals surface area (Å²) < 4.78 is 7.17. The molecular formula is C33H37N7O3. The maximum atomic E-state index is 13.2. The van der Waals surface area contributed by atoms with Crippen LogP contribution in [0.5, 0.6) is 0 Å². The molecule has 0 spiro atoms. The standard InChI is InChI=1S/C33H37N7O3/c1-21(2)27-11-10-26(19-22(27)3)37-33(42)25-8-5-7-24(20-25)29-30-31(34)35-12-14-40(30)32(38-29)23(4)36-28(41)9-6-13-39-15-17-43-18-16-39/h5,7-8,10-12,14,19-21,23H,13,15-18H2,1-4H3,(H2,34,35)(H,36,41)(H,37,42)/t23-/m0/s1. The Kier molecular flexibility index (Phi) is 9.04. The lowest BCUT2D eigenvalue weighted by Gasteiger charge is -2.24. The summed E-state index contributed by atoms with van der Waals surface area (Å²) >= 11 is 0. The molecule has 222 valence electrons. The lowest BCUT2D eigenvalue weighted by Crippen LogP contribution is -2.36. The summed E-state index contributed by atoms with van der Waals surface area (Å²) in [6.07, 6.45) is 3.34. The number of nitrogen functional groups attached to an aromatic ring is 1. The zero-order chi connectivity index (χ0) is 30.5. The number of hydrogen-bond acceptors (Lipinski definition) is 7. The number of aryl methyl sites for hydroxylation is 1. The van der Waals surface area contributed by atoms with Crippen LogP contribution in [0.1, 0.15) is 60.0 Å². The molecule has 43 heavy (non-hydrogen) atoms. The molecule has 5 rings (SSSR count). The molecule has 4 N–H and O–H groups in total. The topological polar surface area (TPSA) is 127 Å². The van der Waals surface area contributed by atoms with Crippen molar-refractivity contribution in [2.75, 3.05) is 43.9 Å². The van der Waals surface area contributed by atoms with E-state index in [1.165, 1.54) is 5.56 Å². The summed E-state index contributed by atoms with van der Waals surface area (Å²) in [4.78, 5) is 37.2. The van der Waals surface area contributed by atoms with Crippen molar-refractivity contribution < 1.29 is 14.3 Å². The smallest absolute Gasteiger partial charge is 0.296 e. The molecule has 0 radical (unpaired) electrons. The lowest BCUT2D eigenvalue weighted by atomic mass is 9.97. The number of benzene rings is 2. The summed E-state index contributed by atoms with van der Waals surface area (Å²) in [5.74, 6) is 6.26. The molecule has 2 aromatic heterocycles. The van der Waals surface area contributed by atoms with Crippen molar-refractivity contribution in [1.29, 1.82) is 0 Å². The van der Waals surface area contributed by atoms with Crippen molar-refractivity contribution in [2.45, 2.75) is 39.7 Å². The number of anilines is 2. The van der Waals surface area contributed by atoms with E-state index in [1.54, 1.807) is 24.5 Å². The SMILES string of the molecule is Cc1cc(NC(=O)c2cccc(-c3nc([C@H](C)NC(=O)C#CCN4CCOCC4)n4ccnc(N)c34)c2)ccc1C(C)C. The van der Waals surface area contributed by atoms with Crippen molar-refractivity contribution in [2.24, 2.45) is 0 Å². The number of nitrogens with one attached hydrogen (secondary N) is 2. The molecule has 1 atom stereocenters. The normalized spacial score (nSPS) is 14.3. The fraction of sp³-hybridized carbons (Fsp3) is 0.333. The molecule has 0 bridgehead atoms. The molecule has 10 nitrogen and oxygen atoms in total. The van der Waals surface area contributed by atoms with Crippen LogP contribution in [0.4, 0.5) is 11.5 Å². The van der Waals surface area contributed by atoms with Gasteiger partial charge >= 0.3 is 0 Å². The van der Waals surface area contributed by atoms with Crippen molar-refractivity contribution in [3.8, 4) is 23.1 Å².